The molecule has 1 fully saturated rings. The van der Waals surface area contributed by atoms with Gasteiger partial charge in [0.15, 0.2) is 0 Å². The summed E-state index contributed by atoms with van der Waals surface area (Å²) >= 11 is 0. The van der Waals surface area contributed by atoms with E-state index in [-0.39, 0.29) is 5.91 Å². The first kappa shape index (κ1) is 19.8. The second-order valence-corrected chi connectivity index (χ2v) is 8.50. The maximum absolute atomic E-state index is 11.7. The van der Waals surface area contributed by atoms with Crippen molar-refractivity contribution < 1.29 is 4.79 Å². The Morgan fingerprint density at radius 3 is 2.77 bits per heavy atom. The van der Waals surface area contributed by atoms with Crippen LogP contribution in [0.3, 0.4) is 0 Å². The Hall–Kier alpha value is -3.12. The third-order valence-electron chi connectivity index (χ3n) is 6.74. The van der Waals surface area contributed by atoms with E-state index >= 15 is 0 Å². The number of piperidine rings is 1. The summed E-state index contributed by atoms with van der Waals surface area (Å²) in [5, 5.41) is 12.5. The van der Waals surface area contributed by atoms with Gasteiger partial charge in [0.2, 0.25) is 5.91 Å². The average molecular weight is 416 g/mol. The smallest absolute Gasteiger partial charge is 0.233 e. The lowest BCUT2D eigenvalue weighted by Crippen LogP contribution is -2.40. The van der Waals surface area contributed by atoms with Crippen molar-refractivity contribution >= 4 is 27.7 Å². The van der Waals surface area contributed by atoms with E-state index in [1.54, 1.807) is 7.05 Å². The Bertz CT molecular complexity index is 1230. The number of carbonyl (C=O) groups is 1. The van der Waals surface area contributed by atoms with E-state index in [1.165, 1.54) is 33.3 Å². The Morgan fingerprint density at radius 1 is 1.16 bits per heavy atom. The summed E-state index contributed by atoms with van der Waals surface area (Å²) < 4.78 is 0. The predicted octanol–water partition coefficient (Wildman–Crippen LogP) is 4.20. The zero-order chi connectivity index (χ0) is 21.4. The summed E-state index contributed by atoms with van der Waals surface area (Å²) in [7, 11) is 1.70. The summed E-state index contributed by atoms with van der Waals surface area (Å²) in [6.07, 6.45) is 5.07. The van der Waals surface area contributed by atoms with E-state index in [9.17, 15) is 4.79 Å². The van der Waals surface area contributed by atoms with Crippen molar-refractivity contribution in [3.05, 3.63) is 53.7 Å². The van der Waals surface area contributed by atoms with Gasteiger partial charge in [0.05, 0.1) is 24.0 Å². The molecule has 0 aliphatic carbocycles. The fourth-order valence-electron chi connectivity index (χ4n) is 5.01. The molecular formula is C25H29N5O. The average Bonchev–Trinajstić information content (AvgIpc) is 3.43. The molecule has 0 bridgehead atoms. The highest BCUT2D eigenvalue weighted by molar-refractivity contribution is 5.99. The highest BCUT2D eigenvalue weighted by atomic mass is 16.1. The minimum atomic E-state index is 0.0972. The summed E-state index contributed by atoms with van der Waals surface area (Å²) in [4.78, 5) is 17.6. The molecule has 31 heavy (non-hydrogen) atoms. The Labute approximate surface area is 182 Å². The summed E-state index contributed by atoms with van der Waals surface area (Å²) in [5.41, 5.74) is 7.41. The van der Waals surface area contributed by atoms with Gasteiger partial charge in [0, 0.05) is 28.9 Å². The molecule has 2 aromatic carbocycles. The number of rotatable bonds is 5. The normalized spacial score (nSPS) is 15.7. The molecule has 5 rings (SSSR count). The van der Waals surface area contributed by atoms with Crippen molar-refractivity contribution in [2.45, 2.75) is 32.1 Å². The number of hydrogen-bond acceptors (Lipinski definition) is 3. The number of likely N-dealkylation sites (tertiary alicyclic amines) is 1. The topological polar surface area (TPSA) is 76.8 Å². The third kappa shape index (κ3) is 3.61. The number of aryl methyl sites for hydroxylation is 1. The molecule has 0 saturated carbocycles. The number of aromatic nitrogens is 3. The van der Waals surface area contributed by atoms with E-state index in [2.05, 4.69) is 68.7 Å². The Balaban J connectivity index is 1.46. The van der Waals surface area contributed by atoms with Crippen molar-refractivity contribution in [1.29, 1.82) is 0 Å². The summed E-state index contributed by atoms with van der Waals surface area (Å²) in [6.45, 7) is 4.67. The van der Waals surface area contributed by atoms with Crippen molar-refractivity contribution in [2.24, 2.45) is 0 Å². The van der Waals surface area contributed by atoms with E-state index < -0.39 is 0 Å². The first-order chi connectivity index (χ1) is 15.2. The van der Waals surface area contributed by atoms with Gasteiger partial charge in [-0.25, -0.2) is 0 Å². The number of nitrogens with zero attached hydrogens (tertiary/aromatic N) is 2. The van der Waals surface area contributed by atoms with E-state index in [1.807, 2.05) is 6.20 Å². The lowest BCUT2D eigenvalue weighted by Gasteiger charge is -2.31. The van der Waals surface area contributed by atoms with E-state index in [0.29, 0.717) is 12.5 Å². The molecule has 2 aromatic heterocycles. The van der Waals surface area contributed by atoms with Crippen LogP contribution in [0.1, 0.15) is 36.8 Å². The van der Waals surface area contributed by atoms with Gasteiger partial charge in [-0.2, -0.15) is 5.10 Å². The Kier molecular flexibility index (Phi) is 5.24. The van der Waals surface area contributed by atoms with Gasteiger partial charge in [0.25, 0.3) is 0 Å². The van der Waals surface area contributed by atoms with E-state index in [0.717, 1.165) is 43.3 Å². The van der Waals surface area contributed by atoms with Gasteiger partial charge in [-0.3, -0.25) is 14.8 Å². The molecule has 3 N–H and O–H groups in total. The van der Waals surface area contributed by atoms with Crippen LogP contribution >= 0.6 is 0 Å². The zero-order valence-corrected chi connectivity index (χ0v) is 18.2. The molecule has 3 heterocycles. The largest absolute Gasteiger partial charge is 0.358 e. The molecule has 0 unspecified atom stereocenters. The van der Waals surface area contributed by atoms with Crippen LogP contribution in [-0.2, 0) is 11.2 Å². The molecule has 1 aliphatic rings. The maximum atomic E-state index is 11.7. The molecule has 0 spiro atoms. The summed E-state index contributed by atoms with van der Waals surface area (Å²) in [6, 6.07) is 13.2. The molecule has 0 atom stereocenters. The number of nitrogens with one attached hydrogen (secondary N) is 3. The Morgan fingerprint density at radius 2 is 2.00 bits per heavy atom. The van der Waals surface area contributed by atoms with Gasteiger partial charge >= 0.3 is 0 Å². The number of benzene rings is 2. The number of hydrogen-bond donors (Lipinski definition) is 3. The minimum absolute atomic E-state index is 0.0972. The number of carbonyl (C=O) groups excluding carboxylic acids is 1. The lowest BCUT2D eigenvalue weighted by molar-refractivity contribution is -0.122. The van der Waals surface area contributed by atoms with Crippen LogP contribution in [0.2, 0.25) is 0 Å². The van der Waals surface area contributed by atoms with Crippen LogP contribution in [-0.4, -0.2) is 52.7 Å². The van der Waals surface area contributed by atoms with Crippen LogP contribution in [0, 0.1) is 0 Å². The monoisotopic (exact) mass is 415 g/mol. The zero-order valence-electron chi connectivity index (χ0n) is 18.2. The maximum Gasteiger partial charge on any atom is 0.233 e. The number of likely N-dealkylation sites (N-methyl/N-ethyl adjacent to an activating group) is 1. The minimum Gasteiger partial charge on any atom is -0.358 e. The first-order valence-electron chi connectivity index (χ1n) is 11.2. The van der Waals surface area contributed by atoms with Crippen molar-refractivity contribution in [2.75, 3.05) is 26.7 Å². The molecule has 1 saturated heterocycles. The van der Waals surface area contributed by atoms with Gasteiger partial charge in [-0.05, 0) is 67.6 Å². The number of H-pyrrole nitrogens is 2. The summed E-state index contributed by atoms with van der Waals surface area (Å²) in [5.74, 6) is 0.644. The molecule has 6 heteroatoms. The fourth-order valence-corrected chi connectivity index (χ4v) is 5.01. The van der Waals surface area contributed by atoms with Crippen molar-refractivity contribution in [1.82, 2.24) is 25.4 Å². The SMILES string of the molecule is CCc1c(-c2cccc3[nH]ncc23)[nH]c2ccc(C3CCN(CC(=O)NC)CC3)cc12. The third-order valence-corrected chi connectivity index (χ3v) is 6.74. The molecule has 0 radical (unpaired) electrons. The van der Waals surface area contributed by atoms with Crippen LogP contribution in [0.4, 0.5) is 0 Å². The van der Waals surface area contributed by atoms with Crippen molar-refractivity contribution in [3.8, 4) is 11.3 Å². The van der Waals surface area contributed by atoms with E-state index in [4.69, 9.17) is 0 Å². The van der Waals surface area contributed by atoms with Gasteiger partial charge in [-0.15, -0.1) is 0 Å². The molecule has 4 aromatic rings. The highest BCUT2D eigenvalue weighted by Crippen LogP contribution is 2.37. The van der Waals surface area contributed by atoms with Gasteiger partial charge in [-0.1, -0.05) is 25.1 Å². The molecule has 1 aliphatic heterocycles. The quantitative estimate of drug-likeness (QED) is 0.457. The first-order valence-corrected chi connectivity index (χ1v) is 11.2. The van der Waals surface area contributed by atoms with Crippen LogP contribution in [0.25, 0.3) is 33.1 Å². The van der Waals surface area contributed by atoms with Gasteiger partial charge < -0.3 is 10.3 Å². The van der Waals surface area contributed by atoms with Crippen LogP contribution < -0.4 is 5.32 Å². The second kappa shape index (κ2) is 8.19. The van der Waals surface area contributed by atoms with Crippen molar-refractivity contribution in [3.63, 3.8) is 0 Å². The standard InChI is InChI=1S/C25H29N5O/c1-3-18-20-13-17(16-9-11-30(12-10-16)15-24(31)26-2)7-8-22(20)28-25(18)19-5-4-6-23-21(19)14-27-29-23/h4-8,13-14,16,28H,3,9-12,15H2,1-2H3,(H,26,31)(H,27,29). The lowest BCUT2D eigenvalue weighted by atomic mass is 9.88. The molecule has 1 amide bonds. The fraction of sp³-hybridized carbons (Fsp3) is 0.360. The number of fused-ring (bicyclic) bond motifs is 2. The second-order valence-electron chi connectivity index (χ2n) is 8.50. The predicted molar refractivity (Wildman–Crippen MR) is 125 cm³/mol. The molecule has 160 valence electrons. The number of amides is 1. The van der Waals surface area contributed by atoms with Crippen LogP contribution in [0.15, 0.2) is 42.6 Å². The number of aromatic amines is 2. The highest BCUT2D eigenvalue weighted by Gasteiger charge is 2.23. The van der Waals surface area contributed by atoms with Gasteiger partial charge in [0.1, 0.15) is 0 Å². The molecular weight excluding hydrogens is 386 g/mol. The van der Waals surface area contributed by atoms with Crippen LogP contribution in [0.5, 0.6) is 0 Å². The molecule has 6 nitrogen and oxygen atoms in total.